The fraction of sp³-hybridized carbons (Fsp3) is 0.269. The molecule has 4 aromatic rings. The number of hydrogen-bond donors (Lipinski definition) is 1. The van der Waals surface area contributed by atoms with E-state index in [1.807, 2.05) is 24.3 Å². The van der Waals surface area contributed by atoms with E-state index in [1.54, 1.807) is 12.1 Å². The second-order valence-electron chi connectivity index (χ2n) is 8.32. The summed E-state index contributed by atoms with van der Waals surface area (Å²) in [6.45, 7) is 3.72. The minimum Gasteiger partial charge on any atom is -0.353 e. The van der Waals surface area contributed by atoms with E-state index < -0.39 is 0 Å². The van der Waals surface area contributed by atoms with Gasteiger partial charge in [-0.1, -0.05) is 54.6 Å². The van der Waals surface area contributed by atoms with E-state index in [9.17, 15) is 4.39 Å². The summed E-state index contributed by atoms with van der Waals surface area (Å²) in [6, 6.07) is 26.1. The van der Waals surface area contributed by atoms with Gasteiger partial charge < -0.3 is 9.88 Å². The maximum absolute atomic E-state index is 13.1. The molecule has 158 valence electrons. The highest BCUT2D eigenvalue weighted by molar-refractivity contribution is 5.78. The fourth-order valence-corrected chi connectivity index (χ4v) is 4.38. The lowest BCUT2D eigenvalue weighted by molar-refractivity contribution is 0.211. The lowest BCUT2D eigenvalue weighted by Gasteiger charge is -2.32. The predicted molar refractivity (Wildman–Crippen MR) is 124 cm³/mol. The van der Waals surface area contributed by atoms with E-state index >= 15 is 0 Å². The first-order valence-corrected chi connectivity index (χ1v) is 11.0. The first-order valence-electron chi connectivity index (χ1n) is 11.0. The molecule has 4 nitrogen and oxygen atoms in total. The first-order chi connectivity index (χ1) is 15.2. The van der Waals surface area contributed by atoms with E-state index in [2.05, 4.69) is 57.2 Å². The van der Waals surface area contributed by atoms with Crippen LogP contribution in [0.15, 0.2) is 78.9 Å². The maximum atomic E-state index is 13.1. The largest absolute Gasteiger partial charge is 0.353 e. The van der Waals surface area contributed by atoms with Crippen LogP contribution >= 0.6 is 0 Å². The number of nitrogens with one attached hydrogen (secondary N) is 1. The van der Waals surface area contributed by atoms with Crippen molar-refractivity contribution in [2.45, 2.75) is 32.0 Å². The molecule has 1 fully saturated rings. The molecule has 0 spiro atoms. The molecular formula is C26H27FN4. The van der Waals surface area contributed by atoms with Crippen LogP contribution in [0, 0.1) is 5.82 Å². The number of fused-ring (bicyclic) bond motifs is 1. The van der Waals surface area contributed by atoms with E-state index in [0.717, 1.165) is 61.6 Å². The SMILES string of the molecule is Fc1ccc(CN2CCC(Nc3nc4ccccc4n3Cc3ccccc3)CC2)cc1. The van der Waals surface area contributed by atoms with Crippen LogP contribution in [0.25, 0.3) is 11.0 Å². The third kappa shape index (κ3) is 4.62. The zero-order valence-electron chi connectivity index (χ0n) is 17.5. The Hall–Kier alpha value is -3.18. The number of likely N-dealkylation sites (tertiary alicyclic amines) is 1. The van der Waals surface area contributed by atoms with Gasteiger partial charge in [0.2, 0.25) is 5.95 Å². The van der Waals surface area contributed by atoms with Crippen molar-refractivity contribution in [1.82, 2.24) is 14.5 Å². The van der Waals surface area contributed by atoms with Crippen molar-refractivity contribution < 1.29 is 4.39 Å². The predicted octanol–water partition coefficient (Wildman–Crippen LogP) is 5.30. The molecule has 5 heteroatoms. The number of benzene rings is 3. The van der Waals surface area contributed by atoms with Crippen LogP contribution in [0.5, 0.6) is 0 Å². The molecule has 0 saturated carbocycles. The van der Waals surface area contributed by atoms with E-state index in [-0.39, 0.29) is 5.82 Å². The van der Waals surface area contributed by atoms with Gasteiger partial charge in [0.15, 0.2) is 0 Å². The van der Waals surface area contributed by atoms with Crippen LogP contribution in [0.2, 0.25) is 0 Å². The lowest BCUT2D eigenvalue weighted by Crippen LogP contribution is -2.39. The molecule has 0 aliphatic carbocycles. The highest BCUT2D eigenvalue weighted by atomic mass is 19.1. The summed E-state index contributed by atoms with van der Waals surface area (Å²) in [5.74, 6) is 0.770. The van der Waals surface area contributed by atoms with Crippen molar-refractivity contribution in [2.75, 3.05) is 18.4 Å². The smallest absolute Gasteiger partial charge is 0.204 e. The number of halogens is 1. The topological polar surface area (TPSA) is 33.1 Å². The van der Waals surface area contributed by atoms with Gasteiger partial charge in [0.25, 0.3) is 0 Å². The minimum atomic E-state index is -0.176. The zero-order chi connectivity index (χ0) is 21.0. The summed E-state index contributed by atoms with van der Waals surface area (Å²) in [5.41, 5.74) is 4.61. The molecule has 5 rings (SSSR count). The number of piperidine rings is 1. The number of nitrogens with zero attached hydrogens (tertiary/aromatic N) is 3. The Morgan fingerprint density at radius 3 is 2.26 bits per heavy atom. The Labute approximate surface area is 182 Å². The standard InChI is InChI=1S/C26H27FN4/c27-22-12-10-21(11-13-22)18-30-16-14-23(15-17-30)28-26-29-24-8-4-5-9-25(24)31(26)19-20-6-2-1-3-7-20/h1-13,23H,14-19H2,(H,28,29). The summed E-state index contributed by atoms with van der Waals surface area (Å²) in [4.78, 5) is 7.34. The van der Waals surface area contributed by atoms with E-state index in [0.29, 0.717) is 6.04 Å². The van der Waals surface area contributed by atoms with E-state index in [4.69, 9.17) is 4.98 Å². The molecule has 0 atom stereocenters. The van der Waals surface area contributed by atoms with Gasteiger partial charge in [0, 0.05) is 25.7 Å². The number of imidazole rings is 1. The van der Waals surface area contributed by atoms with Crippen LogP contribution in [-0.4, -0.2) is 33.6 Å². The van der Waals surface area contributed by atoms with Crippen LogP contribution in [0.3, 0.4) is 0 Å². The van der Waals surface area contributed by atoms with Crippen molar-refractivity contribution in [2.24, 2.45) is 0 Å². The molecule has 1 N–H and O–H groups in total. The van der Waals surface area contributed by atoms with Gasteiger partial charge in [0.05, 0.1) is 17.6 Å². The second-order valence-corrected chi connectivity index (χ2v) is 8.32. The maximum Gasteiger partial charge on any atom is 0.204 e. The summed E-state index contributed by atoms with van der Waals surface area (Å²) < 4.78 is 15.4. The monoisotopic (exact) mass is 414 g/mol. The van der Waals surface area contributed by atoms with Crippen LogP contribution in [0.1, 0.15) is 24.0 Å². The van der Waals surface area contributed by atoms with Crippen LogP contribution in [-0.2, 0) is 13.1 Å². The number of rotatable bonds is 6. The third-order valence-electron chi connectivity index (χ3n) is 6.08. The van der Waals surface area contributed by atoms with Gasteiger partial charge in [-0.2, -0.15) is 0 Å². The Kier molecular flexibility index (Phi) is 5.67. The Bertz CT molecular complexity index is 1130. The Morgan fingerprint density at radius 2 is 1.48 bits per heavy atom. The van der Waals surface area contributed by atoms with Gasteiger partial charge in [0.1, 0.15) is 5.82 Å². The molecule has 1 aromatic heterocycles. The molecule has 0 unspecified atom stereocenters. The summed E-state index contributed by atoms with van der Waals surface area (Å²) in [5, 5.41) is 3.73. The third-order valence-corrected chi connectivity index (χ3v) is 6.08. The second kappa shape index (κ2) is 8.90. The number of anilines is 1. The lowest BCUT2D eigenvalue weighted by atomic mass is 10.0. The average molecular weight is 415 g/mol. The molecule has 1 aliphatic heterocycles. The highest BCUT2D eigenvalue weighted by Crippen LogP contribution is 2.24. The molecule has 1 saturated heterocycles. The normalized spacial score (nSPS) is 15.4. The van der Waals surface area contributed by atoms with Gasteiger partial charge in [-0.3, -0.25) is 4.90 Å². The molecule has 31 heavy (non-hydrogen) atoms. The van der Waals surface area contributed by atoms with Crippen molar-refractivity contribution in [3.05, 3.63) is 95.8 Å². The zero-order valence-corrected chi connectivity index (χ0v) is 17.5. The molecule has 0 amide bonds. The van der Waals surface area contributed by atoms with Gasteiger partial charge in [-0.15, -0.1) is 0 Å². The molecular weight excluding hydrogens is 387 g/mol. The van der Waals surface area contributed by atoms with E-state index in [1.165, 1.54) is 5.56 Å². The number of hydrogen-bond acceptors (Lipinski definition) is 3. The molecule has 3 aromatic carbocycles. The van der Waals surface area contributed by atoms with Gasteiger partial charge in [-0.05, 0) is 48.2 Å². The fourth-order valence-electron chi connectivity index (χ4n) is 4.38. The number of aromatic nitrogens is 2. The Balaban J connectivity index is 1.27. The van der Waals surface area contributed by atoms with Crippen molar-refractivity contribution in [3.8, 4) is 0 Å². The molecule has 0 radical (unpaired) electrons. The quantitative estimate of drug-likeness (QED) is 0.465. The van der Waals surface area contributed by atoms with Crippen molar-refractivity contribution in [3.63, 3.8) is 0 Å². The number of para-hydroxylation sites is 2. The van der Waals surface area contributed by atoms with Crippen LogP contribution < -0.4 is 5.32 Å². The molecule has 0 bridgehead atoms. The van der Waals surface area contributed by atoms with Gasteiger partial charge >= 0.3 is 0 Å². The highest BCUT2D eigenvalue weighted by Gasteiger charge is 2.21. The Morgan fingerprint density at radius 1 is 0.806 bits per heavy atom. The van der Waals surface area contributed by atoms with Crippen LogP contribution in [0.4, 0.5) is 10.3 Å². The van der Waals surface area contributed by atoms with Crippen molar-refractivity contribution >= 4 is 17.0 Å². The van der Waals surface area contributed by atoms with Crippen molar-refractivity contribution in [1.29, 1.82) is 0 Å². The summed E-state index contributed by atoms with van der Waals surface area (Å²) >= 11 is 0. The summed E-state index contributed by atoms with van der Waals surface area (Å²) in [6.07, 6.45) is 2.13. The average Bonchev–Trinajstić information content (AvgIpc) is 3.14. The first kappa shape index (κ1) is 19.8. The minimum absolute atomic E-state index is 0.176. The van der Waals surface area contributed by atoms with Gasteiger partial charge in [-0.25, -0.2) is 9.37 Å². The molecule has 1 aliphatic rings. The molecule has 2 heterocycles. The summed E-state index contributed by atoms with van der Waals surface area (Å²) in [7, 11) is 0.